The average molecular weight is 386 g/mol. The third kappa shape index (κ3) is 3.68. The predicted octanol–water partition coefficient (Wildman–Crippen LogP) is 2.13. The number of nitrogens with zero attached hydrogens (tertiary/aromatic N) is 4. The second-order valence-electron chi connectivity index (χ2n) is 6.12. The van der Waals surface area contributed by atoms with Gasteiger partial charge in [-0.2, -0.15) is 0 Å². The van der Waals surface area contributed by atoms with E-state index in [-0.39, 0.29) is 5.56 Å². The molecule has 0 radical (unpaired) electrons. The predicted molar refractivity (Wildman–Crippen MR) is 107 cm³/mol. The lowest BCUT2D eigenvalue weighted by Crippen LogP contribution is -2.37. The Morgan fingerprint density at radius 1 is 1.11 bits per heavy atom. The molecule has 2 heterocycles. The fourth-order valence-electron chi connectivity index (χ4n) is 2.82. The van der Waals surface area contributed by atoms with Crippen molar-refractivity contribution in [2.24, 2.45) is 14.1 Å². The summed E-state index contributed by atoms with van der Waals surface area (Å²) in [6.45, 7) is 5.11. The van der Waals surface area contributed by atoms with Gasteiger partial charge in [0.15, 0.2) is 11.5 Å². The van der Waals surface area contributed by atoms with Gasteiger partial charge in [-0.3, -0.25) is 13.9 Å². The van der Waals surface area contributed by atoms with Crippen molar-refractivity contribution in [1.82, 2.24) is 19.1 Å². The van der Waals surface area contributed by atoms with Crippen molar-refractivity contribution in [2.75, 3.05) is 19.0 Å². The van der Waals surface area contributed by atoms with Crippen LogP contribution in [0.2, 0.25) is 0 Å². The normalized spacial score (nSPS) is 11.3. The summed E-state index contributed by atoms with van der Waals surface area (Å²) in [7, 11) is 3.08. The summed E-state index contributed by atoms with van der Waals surface area (Å²) in [6.07, 6.45) is 0. The first-order valence-electron chi connectivity index (χ1n) is 8.70. The number of rotatable bonds is 6. The molecule has 142 valence electrons. The number of ether oxygens (including phenoxy) is 1. The Morgan fingerprint density at radius 2 is 1.85 bits per heavy atom. The highest BCUT2D eigenvalue weighted by molar-refractivity contribution is 7.99. The van der Waals surface area contributed by atoms with Gasteiger partial charge in [-0.1, -0.05) is 24.3 Å². The lowest BCUT2D eigenvalue weighted by Gasteiger charge is -2.13. The first-order chi connectivity index (χ1) is 13.0. The highest BCUT2D eigenvalue weighted by Gasteiger charge is 2.18. The minimum Gasteiger partial charge on any atom is -0.381 e. The monoisotopic (exact) mass is 386 g/mol. The van der Waals surface area contributed by atoms with Gasteiger partial charge in [-0.25, -0.2) is 14.8 Å². The summed E-state index contributed by atoms with van der Waals surface area (Å²) in [6, 6.07) is 7.78. The molecular weight excluding hydrogens is 364 g/mol. The van der Waals surface area contributed by atoms with Crippen LogP contribution in [-0.4, -0.2) is 38.1 Å². The SMILES string of the molecule is CCOCCSc1nc(-c2ccccc2C)nc2c1c(=O)n(C)c(=O)n2C. The molecule has 3 aromatic rings. The van der Waals surface area contributed by atoms with E-state index < -0.39 is 5.69 Å². The molecule has 0 N–H and O–H groups in total. The summed E-state index contributed by atoms with van der Waals surface area (Å²) in [4.78, 5) is 34.4. The number of aromatic nitrogens is 4. The Hall–Kier alpha value is -2.45. The first kappa shape index (κ1) is 19.3. The largest absolute Gasteiger partial charge is 0.381 e. The van der Waals surface area contributed by atoms with E-state index in [1.807, 2.05) is 38.1 Å². The fourth-order valence-corrected chi connectivity index (χ4v) is 3.69. The molecule has 0 unspecified atom stereocenters. The van der Waals surface area contributed by atoms with Gasteiger partial charge in [-0.05, 0) is 19.4 Å². The maximum Gasteiger partial charge on any atom is 0.332 e. The van der Waals surface area contributed by atoms with Crippen LogP contribution in [0.1, 0.15) is 12.5 Å². The van der Waals surface area contributed by atoms with Crippen molar-refractivity contribution < 1.29 is 4.74 Å². The molecule has 0 atom stereocenters. The number of fused-ring (bicyclic) bond motifs is 1. The Kier molecular flexibility index (Phi) is 5.76. The summed E-state index contributed by atoms with van der Waals surface area (Å²) in [5.74, 6) is 1.15. The Morgan fingerprint density at radius 3 is 2.56 bits per heavy atom. The smallest absolute Gasteiger partial charge is 0.332 e. The topological polar surface area (TPSA) is 79.0 Å². The van der Waals surface area contributed by atoms with Gasteiger partial charge in [0, 0.05) is 32.0 Å². The molecule has 27 heavy (non-hydrogen) atoms. The number of hydrogen-bond donors (Lipinski definition) is 0. The minimum atomic E-state index is -0.410. The van der Waals surface area contributed by atoms with Gasteiger partial charge in [0.1, 0.15) is 10.4 Å². The van der Waals surface area contributed by atoms with E-state index in [0.717, 1.165) is 15.7 Å². The van der Waals surface area contributed by atoms with Crippen LogP contribution in [0.4, 0.5) is 0 Å². The molecule has 0 aliphatic carbocycles. The fraction of sp³-hybridized carbons (Fsp3) is 0.368. The van der Waals surface area contributed by atoms with Crippen LogP contribution in [0, 0.1) is 6.92 Å². The molecule has 0 saturated heterocycles. The molecule has 8 heteroatoms. The molecule has 0 aliphatic heterocycles. The van der Waals surface area contributed by atoms with Crippen molar-refractivity contribution >= 4 is 22.8 Å². The Labute approximate surface area is 161 Å². The van der Waals surface area contributed by atoms with Crippen LogP contribution in [0.3, 0.4) is 0 Å². The summed E-state index contributed by atoms with van der Waals surface area (Å²) >= 11 is 1.44. The van der Waals surface area contributed by atoms with E-state index in [9.17, 15) is 9.59 Å². The molecular formula is C19H22N4O3S. The van der Waals surface area contributed by atoms with Crippen molar-refractivity contribution in [3.63, 3.8) is 0 Å². The quantitative estimate of drug-likeness (QED) is 0.367. The summed E-state index contributed by atoms with van der Waals surface area (Å²) < 4.78 is 7.88. The summed E-state index contributed by atoms with van der Waals surface area (Å²) in [5.41, 5.74) is 1.45. The maximum absolute atomic E-state index is 12.8. The zero-order chi connectivity index (χ0) is 19.6. The Bertz CT molecular complexity index is 1100. The highest BCUT2D eigenvalue weighted by Crippen LogP contribution is 2.27. The molecule has 0 amide bonds. The molecule has 0 saturated carbocycles. The molecule has 1 aromatic carbocycles. The third-order valence-corrected chi connectivity index (χ3v) is 5.26. The van der Waals surface area contributed by atoms with E-state index in [2.05, 4.69) is 9.97 Å². The van der Waals surface area contributed by atoms with Gasteiger partial charge >= 0.3 is 5.69 Å². The van der Waals surface area contributed by atoms with Crippen molar-refractivity contribution in [3.8, 4) is 11.4 Å². The second-order valence-corrected chi connectivity index (χ2v) is 7.20. The average Bonchev–Trinajstić information content (AvgIpc) is 2.67. The number of thioether (sulfide) groups is 1. The Balaban J connectivity index is 2.27. The second kappa shape index (κ2) is 8.06. The van der Waals surface area contributed by atoms with Crippen LogP contribution in [0.15, 0.2) is 38.9 Å². The number of aryl methyl sites for hydroxylation is 2. The van der Waals surface area contributed by atoms with Crippen molar-refractivity contribution in [1.29, 1.82) is 0 Å². The number of hydrogen-bond acceptors (Lipinski definition) is 6. The van der Waals surface area contributed by atoms with Gasteiger partial charge in [0.25, 0.3) is 5.56 Å². The van der Waals surface area contributed by atoms with Crippen molar-refractivity contribution in [3.05, 3.63) is 50.7 Å². The molecule has 0 bridgehead atoms. The van der Waals surface area contributed by atoms with Crippen LogP contribution in [0.25, 0.3) is 22.4 Å². The van der Waals surface area contributed by atoms with Crippen LogP contribution in [0.5, 0.6) is 0 Å². The zero-order valence-corrected chi connectivity index (χ0v) is 16.7. The van der Waals surface area contributed by atoms with Crippen LogP contribution < -0.4 is 11.2 Å². The van der Waals surface area contributed by atoms with Gasteiger partial charge < -0.3 is 4.74 Å². The zero-order valence-electron chi connectivity index (χ0n) is 15.9. The van der Waals surface area contributed by atoms with E-state index >= 15 is 0 Å². The van der Waals surface area contributed by atoms with Gasteiger partial charge in [0.2, 0.25) is 0 Å². The molecule has 0 aliphatic rings. The van der Waals surface area contributed by atoms with E-state index in [1.54, 1.807) is 7.05 Å². The van der Waals surface area contributed by atoms with Crippen LogP contribution >= 0.6 is 11.8 Å². The minimum absolute atomic E-state index is 0.343. The van der Waals surface area contributed by atoms with Crippen LogP contribution in [-0.2, 0) is 18.8 Å². The number of benzene rings is 1. The lowest BCUT2D eigenvalue weighted by molar-refractivity contribution is 0.164. The van der Waals surface area contributed by atoms with Gasteiger partial charge in [0.05, 0.1) is 6.61 Å². The molecule has 0 spiro atoms. The molecule has 3 rings (SSSR count). The maximum atomic E-state index is 12.8. The molecule has 2 aromatic heterocycles. The third-order valence-electron chi connectivity index (χ3n) is 4.32. The lowest BCUT2D eigenvalue weighted by atomic mass is 10.1. The molecule has 0 fully saturated rings. The standard InChI is InChI=1S/C19H22N4O3S/c1-5-26-10-11-27-17-14-16(22(3)19(25)23(4)18(14)24)20-15(21-17)13-9-7-6-8-12(13)2/h6-9H,5,10-11H2,1-4H3. The van der Waals surface area contributed by atoms with E-state index in [0.29, 0.717) is 40.9 Å². The highest BCUT2D eigenvalue weighted by atomic mass is 32.2. The molecule has 7 nitrogen and oxygen atoms in total. The van der Waals surface area contributed by atoms with Crippen molar-refractivity contribution in [2.45, 2.75) is 18.9 Å². The van der Waals surface area contributed by atoms with E-state index in [1.165, 1.54) is 23.4 Å². The summed E-state index contributed by atoms with van der Waals surface area (Å²) in [5, 5.41) is 0.924. The van der Waals surface area contributed by atoms with Gasteiger partial charge in [-0.15, -0.1) is 11.8 Å². The van der Waals surface area contributed by atoms with E-state index in [4.69, 9.17) is 4.74 Å². The first-order valence-corrected chi connectivity index (χ1v) is 9.68.